The van der Waals surface area contributed by atoms with Crippen LogP contribution in [0, 0.1) is 17.1 Å². The van der Waals surface area contributed by atoms with Crippen LogP contribution in [0.1, 0.15) is 12.0 Å². The second kappa shape index (κ2) is 6.21. The lowest BCUT2D eigenvalue weighted by Gasteiger charge is -2.20. The molecular weight excluding hydrogens is 217 g/mol. The number of nitrogens with zero attached hydrogens (tertiary/aromatic N) is 3. The van der Waals surface area contributed by atoms with Gasteiger partial charge in [0, 0.05) is 19.3 Å². The van der Waals surface area contributed by atoms with Gasteiger partial charge in [-0.15, -0.1) is 0 Å². The summed E-state index contributed by atoms with van der Waals surface area (Å²) in [6, 6.07) is 6.53. The van der Waals surface area contributed by atoms with Gasteiger partial charge in [-0.05, 0) is 45.3 Å². The van der Waals surface area contributed by atoms with Gasteiger partial charge in [0.15, 0.2) is 0 Å². The van der Waals surface area contributed by atoms with Crippen LogP contribution in [-0.2, 0) is 0 Å². The molecule has 92 valence electrons. The highest BCUT2D eigenvalue weighted by Crippen LogP contribution is 2.17. The molecule has 0 aliphatic carbocycles. The Morgan fingerprint density at radius 3 is 2.47 bits per heavy atom. The first-order valence-electron chi connectivity index (χ1n) is 5.60. The van der Waals surface area contributed by atoms with Crippen molar-refractivity contribution in [2.45, 2.75) is 6.42 Å². The topological polar surface area (TPSA) is 30.3 Å². The fourth-order valence-corrected chi connectivity index (χ4v) is 1.59. The van der Waals surface area contributed by atoms with E-state index in [1.807, 2.05) is 32.1 Å². The van der Waals surface area contributed by atoms with Crippen molar-refractivity contribution in [1.82, 2.24) is 4.90 Å². The number of halogens is 1. The van der Waals surface area contributed by atoms with E-state index in [4.69, 9.17) is 5.26 Å². The Balaban J connectivity index is 2.61. The number of anilines is 1. The van der Waals surface area contributed by atoms with E-state index in [9.17, 15) is 4.39 Å². The predicted molar refractivity (Wildman–Crippen MR) is 67.6 cm³/mol. The highest BCUT2D eigenvalue weighted by atomic mass is 19.1. The average Bonchev–Trinajstić information content (AvgIpc) is 2.28. The number of benzene rings is 1. The predicted octanol–water partition coefficient (Wildman–Crippen LogP) is 2.09. The maximum atomic E-state index is 13.4. The molecule has 1 aromatic rings. The Kier molecular flexibility index (Phi) is 4.92. The Morgan fingerprint density at radius 1 is 1.24 bits per heavy atom. The second-order valence-corrected chi connectivity index (χ2v) is 4.35. The monoisotopic (exact) mass is 235 g/mol. The summed E-state index contributed by atoms with van der Waals surface area (Å²) in [7, 11) is 5.99. The molecule has 0 radical (unpaired) electrons. The van der Waals surface area contributed by atoms with Gasteiger partial charge in [-0.1, -0.05) is 0 Å². The third kappa shape index (κ3) is 4.04. The number of nitriles is 1. The first-order valence-corrected chi connectivity index (χ1v) is 5.60. The lowest BCUT2D eigenvalue weighted by Crippen LogP contribution is -2.23. The standard InChI is InChI=1S/C13H18FN3/c1-16(2)7-4-8-17(3)12-6-5-11(10-15)13(14)9-12/h5-6,9H,4,7-8H2,1-3H3. The van der Waals surface area contributed by atoms with Crippen LogP contribution in [0.3, 0.4) is 0 Å². The largest absolute Gasteiger partial charge is 0.374 e. The Labute approximate surface area is 102 Å². The summed E-state index contributed by atoms with van der Waals surface area (Å²) in [5.74, 6) is -0.454. The summed E-state index contributed by atoms with van der Waals surface area (Å²) in [5, 5.41) is 8.64. The van der Waals surface area contributed by atoms with Gasteiger partial charge in [0.1, 0.15) is 11.9 Å². The first kappa shape index (κ1) is 13.5. The van der Waals surface area contributed by atoms with Crippen molar-refractivity contribution < 1.29 is 4.39 Å². The van der Waals surface area contributed by atoms with Gasteiger partial charge in [-0.3, -0.25) is 0 Å². The van der Waals surface area contributed by atoms with Gasteiger partial charge in [0.2, 0.25) is 0 Å². The third-order valence-corrected chi connectivity index (χ3v) is 2.61. The van der Waals surface area contributed by atoms with Crippen molar-refractivity contribution in [1.29, 1.82) is 5.26 Å². The fraction of sp³-hybridized carbons (Fsp3) is 0.462. The van der Waals surface area contributed by atoms with Crippen molar-refractivity contribution in [3.8, 4) is 6.07 Å². The minimum absolute atomic E-state index is 0.0930. The zero-order chi connectivity index (χ0) is 12.8. The minimum atomic E-state index is -0.454. The number of hydrogen-bond donors (Lipinski definition) is 0. The third-order valence-electron chi connectivity index (χ3n) is 2.61. The average molecular weight is 235 g/mol. The van der Waals surface area contributed by atoms with Crippen LogP contribution < -0.4 is 4.90 Å². The SMILES string of the molecule is CN(C)CCCN(C)c1ccc(C#N)c(F)c1. The fourth-order valence-electron chi connectivity index (χ4n) is 1.59. The van der Waals surface area contributed by atoms with Crippen molar-refractivity contribution in [3.05, 3.63) is 29.6 Å². The van der Waals surface area contributed by atoms with E-state index in [1.54, 1.807) is 6.07 Å². The van der Waals surface area contributed by atoms with Crippen LogP contribution in [0.15, 0.2) is 18.2 Å². The van der Waals surface area contributed by atoms with Gasteiger partial charge >= 0.3 is 0 Å². The molecule has 0 aliphatic rings. The van der Waals surface area contributed by atoms with Gasteiger partial charge in [-0.25, -0.2) is 4.39 Å². The lowest BCUT2D eigenvalue weighted by atomic mass is 10.2. The molecule has 0 bridgehead atoms. The maximum absolute atomic E-state index is 13.4. The van der Waals surface area contributed by atoms with Gasteiger partial charge in [0.05, 0.1) is 5.56 Å². The molecule has 0 aromatic heterocycles. The Morgan fingerprint density at radius 2 is 1.94 bits per heavy atom. The second-order valence-electron chi connectivity index (χ2n) is 4.35. The van der Waals surface area contributed by atoms with Crippen molar-refractivity contribution in [2.24, 2.45) is 0 Å². The van der Waals surface area contributed by atoms with E-state index in [0.29, 0.717) is 0 Å². The molecule has 0 saturated heterocycles. The zero-order valence-corrected chi connectivity index (χ0v) is 10.6. The smallest absolute Gasteiger partial charge is 0.143 e. The van der Waals surface area contributed by atoms with E-state index in [0.717, 1.165) is 25.2 Å². The molecule has 0 aliphatic heterocycles. The molecule has 1 rings (SSSR count). The van der Waals surface area contributed by atoms with Crippen LogP contribution in [-0.4, -0.2) is 39.1 Å². The van der Waals surface area contributed by atoms with Crippen LogP contribution in [0.4, 0.5) is 10.1 Å². The lowest BCUT2D eigenvalue weighted by molar-refractivity contribution is 0.401. The molecule has 0 fully saturated rings. The van der Waals surface area contributed by atoms with E-state index in [-0.39, 0.29) is 5.56 Å². The summed E-state index contributed by atoms with van der Waals surface area (Å²) >= 11 is 0. The molecule has 4 heteroatoms. The quantitative estimate of drug-likeness (QED) is 0.782. The summed E-state index contributed by atoms with van der Waals surface area (Å²) in [4.78, 5) is 4.11. The van der Waals surface area contributed by atoms with E-state index in [1.165, 1.54) is 12.1 Å². The van der Waals surface area contributed by atoms with E-state index >= 15 is 0 Å². The molecule has 17 heavy (non-hydrogen) atoms. The molecule has 0 amide bonds. The van der Waals surface area contributed by atoms with Crippen LogP contribution in [0.25, 0.3) is 0 Å². The van der Waals surface area contributed by atoms with Gasteiger partial charge in [-0.2, -0.15) is 5.26 Å². The highest BCUT2D eigenvalue weighted by Gasteiger charge is 2.06. The van der Waals surface area contributed by atoms with Crippen molar-refractivity contribution in [2.75, 3.05) is 39.1 Å². The molecule has 0 spiro atoms. The summed E-state index contributed by atoms with van der Waals surface area (Å²) in [5.41, 5.74) is 0.899. The van der Waals surface area contributed by atoms with Crippen LogP contribution >= 0.6 is 0 Å². The number of rotatable bonds is 5. The molecule has 3 nitrogen and oxygen atoms in total. The summed E-state index contributed by atoms with van der Waals surface area (Å²) < 4.78 is 13.4. The molecule has 0 saturated carbocycles. The molecule has 0 unspecified atom stereocenters. The highest BCUT2D eigenvalue weighted by molar-refractivity contribution is 5.49. The first-order chi connectivity index (χ1) is 8.04. The van der Waals surface area contributed by atoms with Crippen molar-refractivity contribution >= 4 is 5.69 Å². The normalized spacial score (nSPS) is 10.4. The zero-order valence-electron chi connectivity index (χ0n) is 10.6. The Hall–Kier alpha value is -1.60. The van der Waals surface area contributed by atoms with Gasteiger partial charge in [0.25, 0.3) is 0 Å². The minimum Gasteiger partial charge on any atom is -0.374 e. The molecule has 0 N–H and O–H groups in total. The maximum Gasteiger partial charge on any atom is 0.143 e. The van der Waals surface area contributed by atoms with E-state index < -0.39 is 5.82 Å². The van der Waals surface area contributed by atoms with Gasteiger partial charge < -0.3 is 9.80 Å². The van der Waals surface area contributed by atoms with Crippen LogP contribution in [0.2, 0.25) is 0 Å². The molecule has 0 heterocycles. The van der Waals surface area contributed by atoms with E-state index in [2.05, 4.69) is 4.90 Å². The summed E-state index contributed by atoms with van der Waals surface area (Å²) in [6.07, 6.45) is 1.02. The molecular formula is C13H18FN3. The van der Waals surface area contributed by atoms with Crippen LogP contribution in [0.5, 0.6) is 0 Å². The molecule has 1 aromatic carbocycles. The number of hydrogen-bond acceptors (Lipinski definition) is 3. The Bertz CT molecular complexity index is 410. The van der Waals surface area contributed by atoms with Crippen molar-refractivity contribution in [3.63, 3.8) is 0 Å². The summed E-state index contributed by atoms with van der Waals surface area (Å²) in [6.45, 7) is 1.87. The molecule has 0 atom stereocenters.